The first kappa shape index (κ1) is 13.8. The molecule has 0 spiro atoms. The number of hydrogen-bond donors (Lipinski definition) is 1. The molecule has 1 heterocycles. The number of thiophene rings is 1. The van der Waals surface area contributed by atoms with Gasteiger partial charge in [0.15, 0.2) is 0 Å². The number of unbranched alkanes of at least 4 members (excludes halogenated alkanes) is 3. The van der Waals surface area contributed by atoms with Crippen molar-refractivity contribution < 1.29 is 4.79 Å². The zero-order valence-corrected chi connectivity index (χ0v) is 11.5. The smallest absolute Gasteiger partial charge is 0.253 e. The monoisotopic (exact) mass is 279 g/mol. The maximum absolute atomic E-state index is 11.7. The van der Waals surface area contributed by atoms with Gasteiger partial charge in [0, 0.05) is 6.54 Å². The van der Waals surface area contributed by atoms with E-state index in [1.807, 2.05) is 0 Å². The molecule has 0 atom stereocenters. The molecule has 1 rings (SSSR count). The highest BCUT2D eigenvalue weighted by atomic mass is 35.5. The lowest BCUT2D eigenvalue weighted by atomic mass is 10.2. The van der Waals surface area contributed by atoms with Gasteiger partial charge >= 0.3 is 0 Å². The van der Waals surface area contributed by atoms with Crippen LogP contribution in [0.2, 0.25) is 8.67 Å². The number of rotatable bonds is 6. The summed E-state index contributed by atoms with van der Waals surface area (Å²) in [6.07, 6.45) is 4.56. The Labute approximate surface area is 110 Å². The number of nitrogens with one attached hydrogen (secondary N) is 1. The van der Waals surface area contributed by atoms with Crippen LogP contribution < -0.4 is 5.32 Å². The van der Waals surface area contributed by atoms with Crippen LogP contribution in [0.4, 0.5) is 0 Å². The highest BCUT2D eigenvalue weighted by Crippen LogP contribution is 2.30. The van der Waals surface area contributed by atoms with Gasteiger partial charge < -0.3 is 5.32 Å². The number of halogens is 2. The van der Waals surface area contributed by atoms with Crippen molar-refractivity contribution in [2.75, 3.05) is 6.54 Å². The van der Waals surface area contributed by atoms with Crippen LogP contribution in [0.5, 0.6) is 0 Å². The van der Waals surface area contributed by atoms with Gasteiger partial charge in [-0.15, -0.1) is 11.3 Å². The van der Waals surface area contributed by atoms with Gasteiger partial charge in [0.2, 0.25) is 0 Å². The van der Waals surface area contributed by atoms with Gasteiger partial charge in [-0.3, -0.25) is 4.79 Å². The van der Waals surface area contributed by atoms with Crippen molar-refractivity contribution in [1.82, 2.24) is 5.32 Å². The topological polar surface area (TPSA) is 29.1 Å². The first-order valence-corrected chi connectivity index (χ1v) is 6.95. The fourth-order valence-corrected chi connectivity index (χ4v) is 2.80. The van der Waals surface area contributed by atoms with Crippen LogP contribution in [0, 0.1) is 0 Å². The maximum Gasteiger partial charge on any atom is 0.253 e. The molecule has 2 nitrogen and oxygen atoms in total. The van der Waals surface area contributed by atoms with Gasteiger partial charge in [-0.05, 0) is 12.5 Å². The molecule has 0 aliphatic carbocycles. The molecule has 0 aliphatic heterocycles. The lowest BCUT2D eigenvalue weighted by Crippen LogP contribution is -2.24. The number of carbonyl (C=O) groups excluding carboxylic acids is 1. The van der Waals surface area contributed by atoms with E-state index in [0.29, 0.717) is 20.8 Å². The summed E-state index contributed by atoms with van der Waals surface area (Å²) >= 11 is 12.9. The van der Waals surface area contributed by atoms with Crippen LogP contribution in [-0.4, -0.2) is 12.5 Å². The van der Waals surface area contributed by atoms with Crippen molar-refractivity contribution >= 4 is 40.4 Å². The summed E-state index contributed by atoms with van der Waals surface area (Å²) in [7, 11) is 0. The van der Waals surface area contributed by atoms with E-state index in [-0.39, 0.29) is 5.91 Å². The zero-order chi connectivity index (χ0) is 12.0. The Morgan fingerprint density at radius 1 is 1.38 bits per heavy atom. The molecule has 0 bridgehead atoms. The lowest BCUT2D eigenvalue weighted by Gasteiger charge is -2.03. The molecule has 1 aromatic heterocycles. The van der Waals surface area contributed by atoms with Crippen LogP contribution in [0.3, 0.4) is 0 Å². The molecule has 5 heteroatoms. The highest BCUT2D eigenvalue weighted by molar-refractivity contribution is 7.20. The molecule has 1 amide bonds. The molecule has 0 radical (unpaired) electrons. The normalized spacial score (nSPS) is 10.4. The van der Waals surface area contributed by atoms with Gasteiger partial charge in [0.05, 0.1) is 9.90 Å². The second-order valence-electron chi connectivity index (χ2n) is 3.55. The third kappa shape index (κ3) is 4.32. The molecule has 0 saturated carbocycles. The molecular weight excluding hydrogens is 265 g/mol. The molecule has 1 aromatic rings. The summed E-state index contributed by atoms with van der Waals surface area (Å²) in [4.78, 5) is 11.7. The molecule has 0 unspecified atom stereocenters. The SMILES string of the molecule is CCCCCCNC(=O)c1cc(Cl)sc1Cl. The third-order valence-electron chi connectivity index (χ3n) is 2.22. The van der Waals surface area contributed by atoms with Crippen molar-refractivity contribution in [3.63, 3.8) is 0 Å². The molecule has 0 aliphatic rings. The van der Waals surface area contributed by atoms with Crippen LogP contribution in [0.1, 0.15) is 43.0 Å². The van der Waals surface area contributed by atoms with E-state index in [2.05, 4.69) is 12.2 Å². The first-order valence-electron chi connectivity index (χ1n) is 5.38. The van der Waals surface area contributed by atoms with E-state index in [0.717, 1.165) is 12.8 Å². The first-order chi connectivity index (χ1) is 7.65. The van der Waals surface area contributed by atoms with E-state index >= 15 is 0 Å². The molecule has 16 heavy (non-hydrogen) atoms. The third-order valence-corrected chi connectivity index (χ3v) is 3.70. The highest BCUT2D eigenvalue weighted by Gasteiger charge is 2.13. The largest absolute Gasteiger partial charge is 0.352 e. The van der Waals surface area contributed by atoms with Crippen LogP contribution >= 0.6 is 34.5 Å². The van der Waals surface area contributed by atoms with E-state index in [4.69, 9.17) is 23.2 Å². The van der Waals surface area contributed by atoms with Crippen molar-refractivity contribution in [3.05, 3.63) is 20.3 Å². The molecule has 1 N–H and O–H groups in total. The predicted octanol–water partition coefficient (Wildman–Crippen LogP) is 4.37. The fourth-order valence-electron chi connectivity index (χ4n) is 1.34. The van der Waals surface area contributed by atoms with Crippen molar-refractivity contribution in [3.8, 4) is 0 Å². The van der Waals surface area contributed by atoms with Crippen molar-refractivity contribution in [2.24, 2.45) is 0 Å². The Balaban J connectivity index is 2.33. The van der Waals surface area contributed by atoms with Gasteiger partial charge in [0.25, 0.3) is 5.91 Å². The second kappa shape index (κ2) is 7.15. The fraction of sp³-hybridized carbons (Fsp3) is 0.545. The minimum Gasteiger partial charge on any atom is -0.352 e. The summed E-state index contributed by atoms with van der Waals surface area (Å²) in [6.45, 7) is 2.86. The molecule has 90 valence electrons. The average molecular weight is 280 g/mol. The molecule has 0 saturated heterocycles. The average Bonchev–Trinajstić information content (AvgIpc) is 2.57. The Kier molecular flexibility index (Phi) is 6.17. The molecule has 0 aromatic carbocycles. The van der Waals surface area contributed by atoms with Gasteiger partial charge in [-0.1, -0.05) is 49.4 Å². The summed E-state index contributed by atoms with van der Waals surface area (Å²) in [5.74, 6) is -0.135. The van der Waals surface area contributed by atoms with E-state index in [9.17, 15) is 4.79 Å². The Hall–Kier alpha value is -0.250. The molecular formula is C11H15Cl2NOS. The number of carbonyl (C=O) groups is 1. The summed E-state index contributed by atoms with van der Waals surface area (Å²) < 4.78 is 0.997. The van der Waals surface area contributed by atoms with Gasteiger partial charge in [0.1, 0.15) is 4.34 Å². The minimum atomic E-state index is -0.135. The Morgan fingerprint density at radius 3 is 2.69 bits per heavy atom. The predicted molar refractivity (Wildman–Crippen MR) is 70.8 cm³/mol. The summed E-state index contributed by atoms with van der Waals surface area (Å²) in [5, 5.41) is 2.84. The van der Waals surface area contributed by atoms with E-state index in [1.54, 1.807) is 6.07 Å². The number of amides is 1. The lowest BCUT2D eigenvalue weighted by molar-refractivity contribution is 0.0953. The standard InChI is InChI=1S/C11H15Cl2NOS/c1-2-3-4-5-6-14-11(15)8-7-9(12)16-10(8)13/h7H,2-6H2,1H3,(H,14,15). The van der Waals surface area contributed by atoms with Crippen LogP contribution in [-0.2, 0) is 0 Å². The summed E-state index contributed by atoms with van der Waals surface area (Å²) in [6, 6.07) is 1.61. The van der Waals surface area contributed by atoms with Crippen molar-refractivity contribution in [1.29, 1.82) is 0 Å². The van der Waals surface area contributed by atoms with Crippen LogP contribution in [0.25, 0.3) is 0 Å². The van der Waals surface area contributed by atoms with E-state index < -0.39 is 0 Å². The number of hydrogen-bond acceptors (Lipinski definition) is 2. The Morgan fingerprint density at radius 2 is 2.12 bits per heavy atom. The second-order valence-corrected chi connectivity index (χ2v) is 5.84. The Bertz CT molecular complexity index is 352. The van der Waals surface area contributed by atoms with Gasteiger partial charge in [-0.25, -0.2) is 0 Å². The van der Waals surface area contributed by atoms with Crippen molar-refractivity contribution in [2.45, 2.75) is 32.6 Å². The zero-order valence-electron chi connectivity index (χ0n) is 9.19. The minimum absolute atomic E-state index is 0.135. The molecule has 0 fully saturated rings. The van der Waals surface area contributed by atoms with Crippen LogP contribution in [0.15, 0.2) is 6.07 Å². The maximum atomic E-state index is 11.7. The summed E-state index contributed by atoms with van der Waals surface area (Å²) in [5.41, 5.74) is 0.479. The van der Waals surface area contributed by atoms with Gasteiger partial charge in [-0.2, -0.15) is 0 Å². The van der Waals surface area contributed by atoms with E-state index in [1.165, 1.54) is 24.2 Å². The quantitative estimate of drug-likeness (QED) is 0.770.